The van der Waals surface area contributed by atoms with Crippen LogP contribution in [0.15, 0.2) is 41.3 Å². The fourth-order valence-corrected chi connectivity index (χ4v) is 8.55. The molecule has 3 heterocycles. The van der Waals surface area contributed by atoms with Crippen molar-refractivity contribution in [3.8, 4) is 0 Å². The van der Waals surface area contributed by atoms with Gasteiger partial charge in [-0.3, -0.25) is 14.4 Å². The summed E-state index contributed by atoms with van der Waals surface area (Å²) in [6, 6.07) is 7.04. The van der Waals surface area contributed by atoms with Crippen LogP contribution in [0.2, 0.25) is 0 Å². The van der Waals surface area contributed by atoms with Crippen molar-refractivity contribution in [2.24, 2.45) is 29.6 Å². The van der Waals surface area contributed by atoms with E-state index in [9.17, 15) is 14.4 Å². The van der Waals surface area contributed by atoms with E-state index in [1.54, 1.807) is 11.8 Å². The normalized spacial score (nSPS) is 40.2. The number of anilines is 1. The first kappa shape index (κ1) is 27.8. The second-order valence-electron chi connectivity index (χ2n) is 13.0. The average molecular weight is 566 g/mol. The van der Waals surface area contributed by atoms with Gasteiger partial charge in [0.15, 0.2) is 0 Å². The number of carbonyl (C=O) groups excluding carboxylic acids is 3. The molecule has 8 heteroatoms. The van der Waals surface area contributed by atoms with Gasteiger partial charge >= 0.3 is 0 Å². The zero-order valence-electron chi connectivity index (χ0n) is 24.1. The third-order valence-corrected chi connectivity index (χ3v) is 11.3. The van der Waals surface area contributed by atoms with E-state index in [2.05, 4.69) is 31.4 Å². The number of fused-ring (bicyclic) bond motifs is 1. The Morgan fingerprint density at radius 1 is 1.05 bits per heavy atom. The minimum absolute atomic E-state index is 0.0138. The number of hydrogen-bond acceptors (Lipinski definition) is 5. The number of benzene rings is 1. The standard InChI is InChI=1S/C32H43N3O4S/c1-18-11-13-22(14-12-18)35-28(30(37)34-24-10-5-7-19(2)20(24)3)32-16-15-25(39-32)26(27(32)31(35)38)29(36)33-21-8-6-9-23(17-21)40-4/h6,8-9,15-20,22,24-28H,5,7,10-14H2,1-4H3,(H,33,36)(H,34,37)/t18?,19-,20-,22?,24+,25-,26+,27-,28-,32-/m0/s1. The molecule has 2 saturated heterocycles. The van der Waals surface area contributed by atoms with Gasteiger partial charge in [-0.15, -0.1) is 11.8 Å². The summed E-state index contributed by atoms with van der Waals surface area (Å²) < 4.78 is 6.58. The minimum Gasteiger partial charge on any atom is -0.359 e. The summed E-state index contributed by atoms with van der Waals surface area (Å²) in [5.41, 5.74) is -0.405. The number of rotatable bonds is 6. The van der Waals surface area contributed by atoms with Gasteiger partial charge in [0.25, 0.3) is 0 Å². The summed E-state index contributed by atoms with van der Waals surface area (Å²) in [6.07, 6.45) is 12.4. The summed E-state index contributed by atoms with van der Waals surface area (Å²) in [5.74, 6) is -0.293. The summed E-state index contributed by atoms with van der Waals surface area (Å²) in [4.78, 5) is 45.3. The van der Waals surface area contributed by atoms with Crippen LogP contribution >= 0.6 is 11.8 Å². The lowest BCUT2D eigenvalue weighted by Crippen LogP contribution is -2.59. The van der Waals surface area contributed by atoms with Crippen LogP contribution in [0.5, 0.6) is 0 Å². The molecule has 1 spiro atoms. The number of thioether (sulfide) groups is 1. The van der Waals surface area contributed by atoms with E-state index in [1.807, 2.05) is 47.6 Å². The number of hydrogen-bond donors (Lipinski definition) is 2. The Hall–Kier alpha value is -2.32. The first-order valence-electron chi connectivity index (χ1n) is 15.2. The lowest BCUT2D eigenvalue weighted by molar-refractivity contribution is -0.145. The third kappa shape index (κ3) is 4.59. The molecular formula is C32H43N3O4S. The molecule has 5 aliphatic rings. The highest BCUT2D eigenvalue weighted by Gasteiger charge is 2.73. The van der Waals surface area contributed by atoms with E-state index in [0.717, 1.165) is 43.4 Å². The van der Waals surface area contributed by atoms with Crippen molar-refractivity contribution in [1.82, 2.24) is 10.2 Å². The number of ether oxygens (including phenoxy) is 1. The van der Waals surface area contributed by atoms with Gasteiger partial charge in [-0.05, 0) is 74.3 Å². The maximum Gasteiger partial charge on any atom is 0.246 e. The van der Waals surface area contributed by atoms with Crippen LogP contribution in [-0.4, -0.2) is 58.7 Å². The second kappa shape index (κ2) is 10.8. The van der Waals surface area contributed by atoms with Gasteiger partial charge < -0.3 is 20.3 Å². The fraction of sp³-hybridized carbons (Fsp3) is 0.656. The number of likely N-dealkylation sites (tertiary alicyclic amines) is 1. The van der Waals surface area contributed by atoms with Crippen molar-refractivity contribution in [1.29, 1.82) is 0 Å². The number of carbonyl (C=O) groups is 3. The van der Waals surface area contributed by atoms with Gasteiger partial charge in [-0.25, -0.2) is 0 Å². The molecule has 2 saturated carbocycles. The molecule has 1 aromatic rings. The highest BCUT2D eigenvalue weighted by molar-refractivity contribution is 7.98. The zero-order valence-corrected chi connectivity index (χ0v) is 24.9. The van der Waals surface area contributed by atoms with Gasteiger partial charge in [0, 0.05) is 22.7 Å². The Morgan fingerprint density at radius 3 is 2.58 bits per heavy atom. The summed E-state index contributed by atoms with van der Waals surface area (Å²) in [6.45, 7) is 6.74. The van der Waals surface area contributed by atoms with E-state index >= 15 is 0 Å². The molecule has 7 nitrogen and oxygen atoms in total. The minimum atomic E-state index is -1.11. The molecule has 0 aromatic heterocycles. The van der Waals surface area contributed by atoms with Crippen LogP contribution < -0.4 is 10.6 Å². The first-order valence-corrected chi connectivity index (χ1v) is 16.4. The maximum absolute atomic E-state index is 14.4. The largest absolute Gasteiger partial charge is 0.359 e. The van der Waals surface area contributed by atoms with E-state index in [4.69, 9.17) is 4.74 Å². The van der Waals surface area contributed by atoms with Crippen LogP contribution in [-0.2, 0) is 19.1 Å². The summed E-state index contributed by atoms with van der Waals surface area (Å²) in [5, 5.41) is 6.43. The molecule has 2 bridgehead atoms. The van der Waals surface area contributed by atoms with E-state index in [1.165, 1.54) is 6.42 Å². The van der Waals surface area contributed by atoms with Gasteiger partial charge in [0.05, 0.1) is 17.9 Å². The third-order valence-electron chi connectivity index (χ3n) is 10.6. The molecule has 3 aliphatic heterocycles. The SMILES string of the molecule is CSc1cccc(NC(=O)[C@@H]2[C@@H]3C=C[C@]4(O3)[C@@H]2C(=O)N(C2CCC(C)CC2)[C@H]4C(=O)N[C@@H]2CCC[C@H](C)[C@@H]2C)c1. The molecule has 8 atom stereocenters. The van der Waals surface area contributed by atoms with Crippen LogP contribution in [0.4, 0.5) is 5.69 Å². The Kier molecular flexibility index (Phi) is 7.53. The van der Waals surface area contributed by atoms with Gasteiger partial charge in [-0.2, -0.15) is 0 Å². The highest BCUT2D eigenvalue weighted by atomic mass is 32.2. The molecule has 40 heavy (non-hydrogen) atoms. The quantitative estimate of drug-likeness (QED) is 0.374. The first-order chi connectivity index (χ1) is 19.2. The number of nitrogens with one attached hydrogen (secondary N) is 2. The lowest BCUT2D eigenvalue weighted by atomic mass is 9.73. The lowest BCUT2D eigenvalue weighted by Gasteiger charge is -2.41. The Morgan fingerprint density at radius 2 is 1.82 bits per heavy atom. The molecular weight excluding hydrogens is 522 g/mol. The summed E-state index contributed by atoms with van der Waals surface area (Å²) >= 11 is 1.61. The predicted molar refractivity (Wildman–Crippen MR) is 157 cm³/mol. The molecule has 2 aliphatic carbocycles. The molecule has 0 unspecified atom stereocenters. The smallest absolute Gasteiger partial charge is 0.246 e. The van der Waals surface area contributed by atoms with Gasteiger partial charge in [0.1, 0.15) is 11.6 Å². The predicted octanol–water partition coefficient (Wildman–Crippen LogP) is 5.02. The highest BCUT2D eigenvalue weighted by Crippen LogP contribution is 2.56. The van der Waals surface area contributed by atoms with Crippen molar-refractivity contribution in [2.45, 2.75) is 100 Å². The fourth-order valence-electron chi connectivity index (χ4n) is 8.09. The Bertz CT molecular complexity index is 1200. The van der Waals surface area contributed by atoms with Gasteiger partial charge in [-0.1, -0.05) is 51.8 Å². The molecule has 216 valence electrons. The number of nitrogens with zero attached hydrogens (tertiary/aromatic N) is 1. The van der Waals surface area contributed by atoms with Crippen LogP contribution in [0, 0.1) is 29.6 Å². The monoisotopic (exact) mass is 565 g/mol. The van der Waals surface area contributed by atoms with Crippen molar-refractivity contribution in [3.05, 3.63) is 36.4 Å². The van der Waals surface area contributed by atoms with E-state index in [0.29, 0.717) is 23.4 Å². The Balaban J connectivity index is 1.31. The van der Waals surface area contributed by atoms with Gasteiger partial charge in [0.2, 0.25) is 17.7 Å². The Labute approximate surface area is 242 Å². The molecule has 3 amide bonds. The topological polar surface area (TPSA) is 87.7 Å². The van der Waals surface area contributed by atoms with Crippen molar-refractivity contribution >= 4 is 35.2 Å². The van der Waals surface area contributed by atoms with Crippen molar-refractivity contribution in [3.63, 3.8) is 0 Å². The van der Waals surface area contributed by atoms with Crippen LogP contribution in [0.3, 0.4) is 0 Å². The van der Waals surface area contributed by atoms with E-state index < -0.39 is 29.6 Å². The molecule has 0 radical (unpaired) electrons. The molecule has 2 N–H and O–H groups in total. The van der Waals surface area contributed by atoms with E-state index in [-0.39, 0.29) is 29.8 Å². The maximum atomic E-state index is 14.4. The zero-order chi connectivity index (χ0) is 28.2. The molecule has 1 aromatic carbocycles. The average Bonchev–Trinajstić information content (AvgIpc) is 3.59. The van der Waals surface area contributed by atoms with Crippen molar-refractivity contribution in [2.75, 3.05) is 11.6 Å². The summed E-state index contributed by atoms with van der Waals surface area (Å²) in [7, 11) is 0. The van der Waals surface area contributed by atoms with Crippen LogP contribution in [0.1, 0.15) is 65.7 Å². The second-order valence-corrected chi connectivity index (χ2v) is 13.8. The van der Waals surface area contributed by atoms with Crippen LogP contribution in [0.25, 0.3) is 0 Å². The number of amides is 3. The molecule has 4 fully saturated rings. The van der Waals surface area contributed by atoms with Crippen molar-refractivity contribution < 1.29 is 19.1 Å². The molecule has 6 rings (SSSR count).